The molecule has 2 rings (SSSR count). The quantitative estimate of drug-likeness (QED) is 0.831. The average molecular weight is 288 g/mol. The molecule has 0 saturated carbocycles. The number of amides is 1. The zero-order valence-corrected chi connectivity index (χ0v) is 10.8. The van der Waals surface area contributed by atoms with Gasteiger partial charge in [-0.15, -0.1) is 11.8 Å². The topological polar surface area (TPSA) is 75.6 Å². The predicted octanol–water partition coefficient (Wildman–Crippen LogP) is 2.24. The molecule has 7 heteroatoms. The first-order valence-electron chi connectivity index (χ1n) is 5.16. The van der Waals surface area contributed by atoms with E-state index in [9.17, 15) is 9.59 Å². The van der Waals surface area contributed by atoms with Crippen molar-refractivity contribution >= 4 is 35.4 Å². The first-order chi connectivity index (χ1) is 8.56. The van der Waals surface area contributed by atoms with E-state index in [0.717, 1.165) is 4.90 Å². The maximum Gasteiger partial charge on any atom is 0.407 e. The Hall–Kier alpha value is -1.40. The lowest BCUT2D eigenvalue weighted by Gasteiger charge is -2.08. The van der Waals surface area contributed by atoms with Gasteiger partial charge in [0.05, 0.1) is 17.1 Å². The fourth-order valence-corrected chi connectivity index (χ4v) is 2.60. The molecule has 1 fully saturated rings. The molecule has 1 aliphatic heterocycles. The number of nitrogens with one attached hydrogen (secondary N) is 1. The zero-order valence-electron chi connectivity index (χ0n) is 9.18. The molecule has 1 unspecified atom stereocenters. The van der Waals surface area contributed by atoms with Gasteiger partial charge in [-0.25, -0.2) is 9.59 Å². The summed E-state index contributed by atoms with van der Waals surface area (Å²) in [7, 11) is 0. The Morgan fingerprint density at radius 3 is 3.00 bits per heavy atom. The van der Waals surface area contributed by atoms with Crippen molar-refractivity contribution in [3.8, 4) is 0 Å². The zero-order chi connectivity index (χ0) is 13.1. The van der Waals surface area contributed by atoms with E-state index in [1.807, 2.05) is 0 Å². The molecular formula is C11H10ClNO4S. The highest BCUT2D eigenvalue weighted by atomic mass is 35.5. The number of hydrogen-bond acceptors (Lipinski definition) is 4. The number of alkyl carbamates (subject to hydrolysis) is 1. The van der Waals surface area contributed by atoms with Crippen LogP contribution in [0.5, 0.6) is 0 Å². The number of cyclic esters (lactones) is 1. The normalized spacial score (nSPS) is 18.3. The fourth-order valence-electron chi connectivity index (χ4n) is 1.47. The molecule has 1 amide bonds. The van der Waals surface area contributed by atoms with E-state index in [1.54, 1.807) is 12.1 Å². The van der Waals surface area contributed by atoms with Crippen LogP contribution < -0.4 is 5.32 Å². The molecule has 1 aliphatic rings. The van der Waals surface area contributed by atoms with Gasteiger partial charge in [-0.3, -0.25) is 0 Å². The molecule has 5 nitrogen and oxygen atoms in total. The summed E-state index contributed by atoms with van der Waals surface area (Å²) in [6.45, 7) is 0.477. The van der Waals surface area contributed by atoms with Crippen LogP contribution in [0.25, 0.3) is 0 Å². The molecule has 1 saturated heterocycles. The number of rotatable bonds is 4. The average Bonchev–Trinajstić information content (AvgIpc) is 2.74. The molecular weight excluding hydrogens is 278 g/mol. The Bertz CT molecular complexity index is 494. The molecule has 96 valence electrons. The molecule has 0 aliphatic carbocycles. The van der Waals surface area contributed by atoms with Crippen LogP contribution in [0.15, 0.2) is 23.1 Å². The smallest absolute Gasteiger partial charge is 0.407 e. The number of carbonyl (C=O) groups excluding carboxylic acids is 1. The van der Waals surface area contributed by atoms with Gasteiger partial charge < -0.3 is 15.2 Å². The summed E-state index contributed by atoms with van der Waals surface area (Å²) in [6.07, 6.45) is -0.602. The van der Waals surface area contributed by atoms with Crippen LogP contribution in [0, 0.1) is 0 Å². The van der Waals surface area contributed by atoms with Gasteiger partial charge in [0, 0.05) is 10.6 Å². The number of aromatic carboxylic acids is 1. The highest BCUT2D eigenvalue weighted by Gasteiger charge is 2.22. The minimum atomic E-state index is -1.06. The molecule has 1 aromatic carbocycles. The van der Waals surface area contributed by atoms with Crippen molar-refractivity contribution in [1.29, 1.82) is 0 Å². The van der Waals surface area contributed by atoms with E-state index in [-0.39, 0.29) is 16.7 Å². The van der Waals surface area contributed by atoms with Crippen LogP contribution in [-0.4, -0.2) is 35.6 Å². The Morgan fingerprint density at radius 2 is 2.39 bits per heavy atom. The third kappa shape index (κ3) is 3.08. The Kier molecular flexibility index (Phi) is 3.98. The third-order valence-electron chi connectivity index (χ3n) is 2.35. The second kappa shape index (κ2) is 5.49. The van der Waals surface area contributed by atoms with Crippen molar-refractivity contribution < 1.29 is 19.4 Å². The number of halogens is 1. The van der Waals surface area contributed by atoms with E-state index >= 15 is 0 Å². The standard InChI is InChI=1S/C11H10ClNO4S/c12-9-2-1-7(3-8(9)10(14)15)18-5-6-4-13-11(16)17-6/h1-3,6H,4-5H2,(H,13,16)(H,14,15). The number of ether oxygens (including phenoxy) is 1. The van der Waals surface area contributed by atoms with Gasteiger partial charge in [0.15, 0.2) is 0 Å². The Labute approximate surface area is 112 Å². The predicted molar refractivity (Wildman–Crippen MR) is 67.4 cm³/mol. The number of carbonyl (C=O) groups is 2. The third-order valence-corrected chi connectivity index (χ3v) is 3.81. The molecule has 0 radical (unpaired) electrons. The van der Waals surface area contributed by atoms with E-state index in [2.05, 4.69) is 5.32 Å². The molecule has 0 spiro atoms. The van der Waals surface area contributed by atoms with E-state index in [4.69, 9.17) is 21.4 Å². The lowest BCUT2D eigenvalue weighted by Crippen LogP contribution is -2.16. The molecule has 0 aromatic heterocycles. The lowest BCUT2D eigenvalue weighted by atomic mass is 10.2. The van der Waals surface area contributed by atoms with Crippen LogP contribution in [0.3, 0.4) is 0 Å². The number of thioether (sulfide) groups is 1. The van der Waals surface area contributed by atoms with Crippen LogP contribution in [0.2, 0.25) is 5.02 Å². The number of hydrogen-bond donors (Lipinski definition) is 2. The summed E-state index contributed by atoms with van der Waals surface area (Å²) < 4.78 is 4.97. The molecule has 18 heavy (non-hydrogen) atoms. The molecule has 1 atom stereocenters. The number of carboxylic acid groups (broad SMARTS) is 1. The highest BCUT2D eigenvalue weighted by molar-refractivity contribution is 7.99. The van der Waals surface area contributed by atoms with Gasteiger partial charge in [0.2, 0.25) is 0 Å². The second-order valence-corrected chi connectivity index (χ2v) is 5.17. The van der Waals surface area contributed by atoms with E-state index in [0.29, 0.717) is 12.3 Å². The molecule has 2 N–H and O–H groups in total. The van der Waals surface area contributed by atoms with Crippen LogP contribution >= 0.6 is 23.4 Å². The Balaban J connectivity index is 1.99. The van der Waals surface area contributed by atoms with Crippen molar-refractivity contribution in [3.63, 3.8) is 0 Å². The van der Waals surface area contributed by atoms with Gasteiger partial charge in [0.1, 0.15) is 6.10 Å². The van der Waals surface area contributed by atoms with Crippen LogP contribution in [0.1, 0.15) is 10.4 Å². The summed E-state index contributed by atoms with van der Waals surface area (Å²) in [5, 5.41) is 11.7. The number of carboxylic acids is 1. The summed E-state index contributed by atoms with van der Waals surface area (Å²) in [5.41, 5.74) is 0.0724. The van der Waals surface area contributed by atoms with Crippen molar-refractivity contribution in [2.45, 2.75) is 11.0 Å². The van der Waals surface area contributed by atoms with Crippen molar-refractivity contribution in [2.24, 2.45) is 0 Å². The van der Waals surface area contributed by atoms with Gasteiger partial charge in [-0.05, 0) is 18.2 Å². The lowest BCUT2D eigenvalue weighted by molar-refractivity contribution is 0.0696. The Morgan fingerprint density at radius 1 is 1.61 bits per heavy atom. The second-order valence-electron chi connectivity index (χ2n) is 3.67. The minimum absolute atomic E-state index is 0.0724. The summed E-state index contributed by atoms with van der Waals surface area (Å²) in [4.78, 5) is 22.5. The minimum Gasteiger partial charge on any atom is -0.478 e. The van der Waals surface area contributed by atoms with Crippen LogP contribution in [0.4, 0.5) is 4.79 Å². The molecule has 0 bridgehead atoms. The summed E-state index contributed by atoms with van der Waals surface area (Å²) in [5.74, 6) is -0.490. The number of benzene rings is 1. The maximum atomic E-state index is 10.9. The highest BCUT2D eigenvalue weighted by Crippen LogP contribution is 2.26. The molecule has 1 aromatic rings. The van der Waals surface area contributed by atoms with E-state index in [1.165, 1.54) is 17.8 Å². The van der Waals surface area contributed by atoms with Gasteiger partial charge >= 0.3 is 12.1 Å². The van der Waals surface area contributed by atoms with Crippen LogP contribution in [-0.2, 0) is 4.74 Å². The SMILES string of the molecule is O=C1NCC(CSc2ccc(Cl)c(C(=O)O)c2)O1. The molecule has 1 heterocycles. The first kappa shape index (κ1) is 13.0. The van der Waals surface area contributed by atoms with Gasteiger partial charge in [0.25, 0.3) is 0 Å². The van der Waals surface area contributed by atoms with Gasteiger partial charge in [-0.2, -0.15) is 0 Å². The van der Waals surface area contributed by atoms with Crippen molar-refractivity contribution in [2.75, 3.05) is 12.3 Å². The van der Waals surface area contributed by atoms with Crippen molar-refractivity contribution in [1.82, 2.24) is 5.32 Å². The maximum absolute atomic E-state index is 10.9. The van der Waals surface area contributed by atoms with E-state index < -0.39 is 12.1 Å². The van der Waals surface area contributed by atoms with Gasteiger partial charge in [-0.1, -0.05) is 11.6 Å². The summed E-state index contributed by atoms with van der Waals surface area (Å²) >= 11 is 7.19. The largest absolute Gasteiger partial charge is 0.478 e. The summed E-state index contributed by atoms with van der Waals surface area (Å²) in [6, 6.07) is 4.80. The fraction of sp³-hybridized carbons (Fsp3) is 0.273. The van der Waals surface area contributed by atoms with Crippen molar-refractivity contribution in [3.05, 3.63) is 28.8 Å². The monoisotopic (exact) mass is 287 g/mol. The first-order valence-corrected chi connectivity index (χ1v) is 6.53.